The first-order valence-electron chi connectivity index (χ1n) is 9.17. The molecule has 4 heteroatoms. The lowest BCUT2D eigenvalue weighted by Gasteiger charge is -2.16. The number of hydrogen-bond acceptors (Lipinski definition) is 3. The first kappa shape index (κ1) is 18.8. The van der Waals surface area contributed by atoms with Crippen LogP contribution in [0.4, 0.5) is 0 Å². The van der Waals surface area contributed by atoms with Crippen LogP contribution in [0.25, 0.3) is 10.8 Å². The largest absolute Gasteiger partial charge is 0.491 e. The molecule has 0 heterocycles. The number of nitrogens with one attached hydrogen (secondary N) is 1. The Balaban J connectivity index is 1.51. The lowest BCUT2D eigenvalue weighted by molar-refractivity contribution is -0.127. The number of amides is 1. The molecular formula is C23H25NO3. The van der Waals surface area contributed by atoms with Crippen LogP contribution >= 0.6 is 0 Å². The quantitative estimate of drug-likeness (QED) is 0.632. The second kappa shape index (κ2) is 8.58. The van der Waals surface area contributed by atoms with Gasteiger partial charge in [-0.2, -0.15) is 0 Å². The zero-order valence-electron chi connectivity index (χ0n) is 16.0. The number of fused-ring (bicyclic) bond motifs is 1. The lowest BCUT2D eigenvalue weighted by Crippen LogP contribution is -2.38. The van der Waals surface area contributed by atoms with Gasteiger partial charge in [-0.3, -0.25) is 4.79 Å². The Morgan fingerprint density at radius 2 is 1.78 bits per heavy atom. The van der Waals surface area contributed by atoms with Crippen molar-refractivity contribution in [3.63, 3.8) is 0 Å². The van der Waals surface area contributed by atoms with Crippen LogP contribution in [-0.2, 0) is 4.79 Å². The highest BCUT2D eigenvalue weighted by Gasteiger charge is 2.15. The Morgan fingerprint density at radius 3 is 2.63 bits per heavy atom. The summed E-state index contributed by atoms with van der Waals surface area (Å²) in [6.07, 6.45) is -0.587. The van der Waals surface area contributed by atoms with Crippen LogP contribution in [0.5, 0.6) is 11.5 Å². The molecule has 140 valence electrons. The highest BCUT2D eigenvalue weighted by molar-refractivity contribution is 5.89. The average molecular weight is 363 g/mol. The van der Waals surface area contributed by atoms with Gasteiger partial charge in [-0.05, 0) is 49.4 Å². The number of hydrogen-bond donors (Lipinski definition) is 1. The summed E-state index contributed by atoms with van der Waals surface area (Å²) in [5, 5.41) is 4.95. The number of rotatable bonds is 7. The summed E-state index contributed by atoms with van der Waals surface area (Å²) in [4.78, 5) is 12.3. The summed E-state index contributed by atoms with van der Waals surface area (Å²) < 4.78 is 11.7. The Morgan fingerprint density at radius 1 is 1.00 bits per heavy atom. The van der Waals surface area contributed by atoms with Crippen LogP contribution in [0.1, 0.15) is 18.1 Å². The van der Waals surface area contributed by atoms with E-state index in [1.54, 1.807) is 6.92 Å². The van der Waals surface area contributed by atoms with E-state index in [1.165, 1.54) is 0 Å². The van der Waals surface area contributed by atoms with Crippen LogP contribution in [-0.4, -0.2) is 25.2 Å². The van der Waals surface area contributed by atoms with Gasteiger partial charge in [-0.1, -0.05) is 48.5 Å². The zero-order chi connectivity index (χ0) is 19.2. The highest BCUT2D eigenvalue weighted by atomic mass is 16.5. The van der Waals surface area contributed by atoms with Crippen molar-refractivity contribution >= 4 is 16.7 Å². The van der Waals surface area contributed by atoms with Crippen LogP contribution in [0.15, 0.2) is 60.7 Å². The second-order valence-corrected chi connectivity index (χ2v) is 6.65. The molecule has 3 aromatic carbocycles. The van der Waals surface area contributed by atoms with Gasteiger partial charge in [-0.25, -0.2) is 0 Å². The van der Waals surface area contributed by atoms with E-state index in [4.69, 9.17) is 9.47 Å². The molecule has 1 N–H and O–H groups in total. The van der Waals surface area contributed by atoms with E-state index in [9.17, 15) is 4.79 Å². The maximum Gasteiger partial charge on any atom is 0.260 e. The summed E-state index contributed by atoms with van der Waals surface area (Å²) in [5.74, 6) is 1.40. The number of carbonyl (C=O) groups excluding carboxylic acids is 1. The summed E-state index contributed by atoms with van der Waals surface area (Å²) in [7, 11) is 0. The molecule has 3 rings (SSSR count). The molecular weight excluding hydrogens is 338 g/mol. The second-order valence-electron chi connectivity index (χ2n) is 6.65. The van der Waals surface area contributed by atoms with E-state index in [0.717, 1.165) is 27.6 Å². The smallest absolute Gasteiger partial charge is 0.260 e. The van der Waals surface area contributed by atoms with Crippen molar-refractivity contribution in [2.75, 3.05) is 13.2 Å². The summed E-state index contributed by atoms with van der Waals surface area (Å²) in [6.45, 7) is 6.63. The van der Waals surface area contributed by atoms with Gasteiger partial charge in [0.05, 0.1) is 6.54 Å². The fourth-order valence-corrected chi connectivity index (χ4v) is 2.88. The summed E-state index contributed by atoms with van der Waals surface area (Å²) in [6, 6.07) is 19.9. The fraction of sp³-hybridized carbons (Fsp3) is 0.261. The third-order valence-electron chi connectivity index (χ3n) is 4.43. The summed E-state index contributed by atoms with van der Waals surface area (Å²) in [5.41, 5.74) is 2.23. The van der Waals surface area contributed by atoms with Crippen LogP contribution in [0.3, 0.4) is 0 Å². The van der Waals surface area contributed by atoms with Crippen LogP contribution < -0.4 is 14.8 Å². The zero-order valence-corrected chi connectivity index (χ0v) is 16.0. The van der Waals surface area contributed by atoms with Gasteiger partial charge in [0.1, 0.15) is 18.1 Å². The molecule has 3 aromatic rings. The molecule has 0 aliphatic heterocycles. The molecule has 4 nitrogen and oxygen atoms in total. The fourth-order valence-electron chi connectivity index (χ4n) is 2.88. The van der Waals surface area contributed by atoms with Gasteiger partial charge in [0.25, 0.3) is 5.91 Å². The van der Waals surface area contributed by atoms with Crippen molar-refractivity contribution in [1.82, 2.24) is 5.32 Å². The van der Waals surface area contributed by atoms with Crippen molar-refractivity contribution in [3.05, 3.63) is 71.8 Å². The van der Waals surface area contributed by atoms with Crippen molar-refractivity contribution in [1.29, 1.82) is 0 Å². The lowest BCUT2D eigenvalue weighted by atomic mass is 10.1. The molecule has 0 aromatic heterocycles. The van der Waals surface area contributed by atoms with Crippen molar-refractivity contribution in [3.8, 4) is 11.5 Å². The van der Waals surface area contributed by atoms with Crippen molar-refractivity contribution < 1.29 is 14.3 Å². The molecule has 27 heavy (non-hydrogen) atoms. The molecule has 0 spiro atoms. The number of ether oxygens (including phenoxy) is 2. The Kier molecular flexibility index (Phi) is 5.97. The Bertz CT molecular complexity index is 931. The minimum Gasteiger partial charge on any atom is -0.491 e. The molecule has 0 aliphatic carbocycles. The third kappa shape index (κ3) is 4.79. The molecule has 1 amide bonds. The number of benzene rings is 3. The van der Waals surface area contributed by atoms with Gasteiger partial charge in [-0.15, -0.1) is 0 Å². The van der Waals surface area contributed by atoms with Crippen LogP contribution in [0, 0.1) is 13.8 Å². The van der Waals surface area contributed by atoms with Crippen molar-refractivity contribution in [2.45, 2.75) is 26.9 Å². The minimum absolute atomic E-state index is 0.160. The molecule has 1 atom stereocenters. The van der Waals surface area contributed by atoms with E-state index in [2.05, 4.69) is 11.4 Å². The van der Waals surface area contributed by atoms with E-state index in [-0.39, 0.29) is 5.91 Å². The first-order chi connectivity index (χ1) is 13.0. The molecule has 0 saturated carbocycles. The van der Waals surface area contributed by atoms with E-state index >= 15 is 0 Å². The highest BCUT2D eigenvalue weighted by Crippen LogP contribution is 2.26. The predicted octanol–water partition coefficient (Wildman–Crippen LogP) is 4.42. The van der Waals surface area contributed by atoms with Gasteiger partial charge >= 0.3 is 0 Å². The number of aryl methyl sites for hydroxylation is 2. The topological polar surface area (TPSA) is 47.6 Å². The monoisotopic (exact) mass is 363 g/mol. The molecule has 1 unspecified atom stereocenters. The standard InChI is InChI=1S/C23H25NO3/c1-16-11-12-17(2)22(15-16)26-14-13-24-23(25)18(3)27-21-10-6-8-19-7-4-5-9-20(19)21/h4-12,15,18H,13-14H2,1-3H3,(H,24,25). The predicted molar refractivity (Wildman–Crippen MR) is 108 cm³/mol. The first-order valence-corrected chi connectivity index (χ1v) is 9.17. The van der Waals surface area contributed by atoms with E-state index in [0.29, 0.717) is 18.9 Å². The SMILES string of the molecule is Cc1ccc(C)c(OCCNC(=O)C(C)Oc2cccc3ccccc23)c1. The molecule has 0 radical (unpaired) electrons. The molecule has 0 aliphatic rings. The van der Waals surface area contributed by atoms with Gasteiger partial charge < -0.3 is 14.8 Å². The van der Waals surface area contributed by atoms with Gasteiger partial charge in [0, 0.05) is 5.39 Å². The Hall–Kier alpha value is -3.01. The normalized spacial score (nSPS) is 11.8. The van der Waals surface area contributed by atoms with Gasteiger partial charge in [0.2, 0.25) is 0 Å². The average Bonchev–Trinajstić information content (AvgIpc) is 2.68. The van der Waals surface area contributed by atoms with E-state index in [1.807, 2.05) is 68.4 Å². The molecule has 0 saturated heterocycles. The van der Waals surface area contributed by atoms with Crippen molar-refractivity contribution in [2.24, 2.45) is 0 Å². The maximum atomic E-state index is 12.3. The molecule has 0 bridgehead atoms. The van der Waals surface area contributed by atoms with E-state index < -0.39 is 6.10 Å². The number of carbonyl (C=O) groups is 1. The minimum atomic E-state index is -0.587. The maximum absolute atomic E-state index is 12.3. The third-order valence-corrected chi connectivity index (χ3v) is 4.43. The molecule has 0 fully saturated rings. The Labute approximate surface area is 160 Å². The van der Waals surface area contributed by atoms with Crippen LogP contribution in [0.2, 0.25) is 0 Å². The summed E-state index contributed by atoms with van der Waals surface area (Å²) >= 11 is 0. The van der Waals surface area contributed by atoms with Gasteiger partial charge in [0.15, 0.2) is 6.10 Å².